The van der Waals surface area contributed by atoms with Crippen LogP contribution in [0.3, 0.4) is 0 Å². The Morgan fingerprint density at radius 1 is 1.22 bits per heavy atom. The molecule has 0 bridgehead atoms. The molecule has 4 rings (SSSR count). The van der Waals surface area contributed by atoms with Crippen LogP contribution in [-0.2, 0) is 9.53 Å². The summed E-state index contributed by atoms with van der Waals surface area (Å²) in [6.07, 6.45) is 0. The molecule has 3 aromatic rings. The van der Waals surface area contributed by atoms with Crippen LogP contribution in [0.15, 0.2) is 42.5 Å². The molecule has 0 atom stereocenters. The predicted molar refractivity (Wildman–Crippen MR) is 101 cm³/mol. The maximum atomic E-state index is 12.1. The molecule has 1 aromatic heterocycles. The van der Waals surface area contributed by atoms with E-state index in [1.165, 1.54) is 0 Å². The molecule has 1 amide bonds. The van der Waals surface area contributed by atoms with E-state index in [2.05, 4.69) is 14.8 Å². The summed E-state index contributed by atoms with van der Waals surface area (Å²) in [4.78, 5) is 25.1. The number of hydrogen-bond donors (Lipinski definition) is 1. The van der Waals surface area contributed by atoms with Gasteiger partial charge in [0.05, 0.1) is 30.8 Å². The van der Waals surface area contributed by atoms with Gasteiger partial charge >= 0.3 is 0 Å². The maximum Gasteiger partial charge on any atom is 0.260 e. The number of hydrogen-bond acceptors (Lipinski definition) is 4. The molecule has 136 valence electrons. The van der Waals surface area contributed by atoms with E-state index < -0.39 is 0 Å². The molecule has 1 fully saturated rings. The van der Waals surface area contributed by atoms with Crippen molar-refractivity contribution in [2.45, 2.75) is 0 Å². The fraction of sp³-hybridized carbons (Fsp3) is 0.250. The summed E-state index contributed by atoms with van der Waals surface area (Å²) in [6, 6.07) is 12.8. The van der Waals surface area contributed by atoms with Crippen LogP contribution in [0.4, 0.5) is 5.69 Å². The SMILES string of the molecule is [C-]#[N+]c1ccc2nc(-c3ccc(OCC(=O)N4CCOCC4)cc3)[nH]c2c1. The number of aromatic nitrogens is 2. The third-order valence-electron chi connectivity index (χ3n) is 4.45. The Hall–Kier alpha value is -3.37. The van der Waals surface area contributed by atoms with E-state index in [9.17, 15) is 4.79 Å². The largest absolute Gasteiger partial charge is 0.484 e. The lowest BCUT2D eigenvalue weighted by molar-refractivity contribution is -0.137. The first-order chi connectivity index (χ1) is 13.2. The average Bonchev–Trinajstić information content (AvgIpc) is 3.16. The van der Waals surface area contributed by atoms with Gasteiger partial charge in [0.15, 0.2) is 12.3 Å². The van der Waals surface area contributed by atoms with Gasteiger partial charge in [0.1, 0.15) is 11.6 Å². The lowest BCUT2D eigenvalue weighted by Gasteiger charge is -2.26. The van der Waals surface area contributed by atoms with Gasteiger partial charge in [-0.15, -0.1) is 0 Å². The number of carbonyl (C=O) groups is 1. The zero-order chi connectivity index (χ0) is 18.6. The Morgan fingerprint density at radius 3 is 2.74 bits per heavy atom. The van der Waals surface area contributed by atoms with Crippen LogP contribution >= 0.6 is 0 Å². The number of ether oxygens (including phenoxy) is 2. The molecule has 0 spiro atoms. The van der Waals surface area contributed by atoms with Gasteiger partial charge in [-0.25, -0.2) is 9.83 Å². The second kappa shape index (κ2) is 7.48. The van der Waals surface area contributed by atoms with E-state index in [1.54, 1.807) is 17.0 Å². The fourth-order valence-corrected chi connectivity index (χ4v) is 2.96. The molecule has 7 heteroatoms. The highest BCUT2D eigenvalue weighted by Gasteiger charge is 2.17. The molecule has 0 aliphatic carbocycles. The van der Waals surface area contributed by atoms with Crippen LogP contribution in [-0.4, -0.2) is 53.7 Å². The number of H-pyrrole nitrogens is 1. The molecule has 0 unspecified atom stereocenters. The van der Waals surface area contributed by atoms with E-state index >= 15 is 0 Å². The summed E-state index contributed by atoms with van der Waals surface area (Å²) < 4.78 is 10.8. The van der Waals surface area contributed by atoms with E-state index in [1.807, 2.05) is 30.3 Å². The normalized spacial score (nSPS) is 14.1. The molecular weight excluding hydrogens is 344 g/mol. The highest BCUT2D eigenvalue weighted by atomic mass is 16.5. The average molecular weight is 362 g/mol. The third kappa shape index (κ3) is 3.76. The van der Waals surface area contributed by atoms with Crippen molar-refractivity contribution in [3.05, 3.63) is 53.9 Å². The lowest BCUT2D eigenvalue weighted by atomic mass is 10.2. The Bertz CT molecular complexity index is 998. The van der Waals surface area contributed by atoms with Crippen molar-refractivity contribution < 1.29 is 14.3 Å². The minimum atomic E-state index is -0.0322. The third-order valence-corrected chi connectivity index (χ3v) is 4.45. The monoisotopic (exact) mass is 362 g/mol. The Morgan fingerprint density at radius 2 is 2.00 bits per heavy atom. The summed E-state index contributed by atoms with van der Waals surface area (Å²) in [7, 11) is 0. The summed E-state index contributed by atoms with van der Waals surface area (Å²) in [5.41, 5.74) is 3.12. The number of amides is 1. The highest BCUT2D eigenvalue weighted by Crippen LogP contribution is 2.25. The van der Waals surface area contributed by atoms with Gasteiger partial charge in [-0.3, -0.25) is 4.79 Å². The quantitative estimate of drug-likeness (QED) is 0.724. The molecule has 1 aliphatic rings. The number of morpholine rings is 1. The van der Waals surface area contributed by atoms with Crippen molar-refractivity contribution in [1.29, 1.82) is 0 Å². The zero-order valence-corrected chi connectivity index (χ0v) is 14.6. The summed E-state index contributed by atoms with van der Waals surface area (Å²) in [5.74, 6) is 1.32. The molecule has 7 nitrogen and oxygen atoms in total. The fourth-order valence-electron chi connectivity index (χ4n) is 2.96. The van der Waals surface area contributed by atoms with Crippen LogP contribution in [0, 0.1) is 6.57 Å². The van der Waals surface area contributed by atoms with Gasteiger partial charge in [0, 0.05) is 18.7 Å². The Balaban J connectivity index is 1.43. The number of aromatic amines is 1. The summed E-state index contributed by atoms with van der Waals surface area (Å²) in [5, 5.41) is 0. The minimum Gasteiger partial charge on any atom is -0.484 e. The van der Waals surface area contributed by atoms with Crippen molar-refractivity contribution in [2.75, 3.05) is 32.9 Å². The van der Waals surface area contributed by atoms with Crippen LogP contribution in [0.5, 0.6) is 5.75 Å². The standard InChI is InChI=1S/C20H18N4O3/c1-21-15-4-7-17-18(12-15)23-20(22-17)14-2-5-16(6-3-14)27-13-19(25)24-8-10-26-11-9-24/h2-7,12H,8-11,13H2,(H,22,23). The van der Waals surface area contributed by atoms with Crippen molar-refractivity contribution in [3.63, 3.8) is 0 Å². The molecule has 27 heavy (non-hydrogen) atoms. The topological polar surface area (TPSA) is 71.8 Å². The summed E-state index contributed by atoms with van der Waals surface area (Å²) in [6.45, 7) is 9.49. The molecule has 1 aliphatic heterocycles. The first-order valence-electron chi connectivity index (χ1n) is 8.69. The highest BCUT2D eigenvalue weighted by molar-refractivity contribution is 5.83. The van der Waals surface area contributed by atoms with Gasteiger partial charge in [-0.1, -0.05) is 6.07 Å². The molecule has 1 N–H and O–H groups in total. The first-order valence-corrected chi connectivity index (χ1v) is 8.69. The predicted octanol–water partition coefficient (Wildman–Crippen LogP) is 3.02. The number of carbonyl (C=O) groups excluding carboxylic acids is 1. The molecule has 2 heterocycles. The van der Waals surface area contributed by atoms with Gasteiger partial charge in [0.2, 0.25) is 0 Å². The smallest absolute Gasteiger partial charge is 0.260 e. The van der Waals surface area contributed by atoms with Crippen molar-refractivity contribution in [3.8, 4) is 17.1 Å². The number of nitrogens with zero attached hydrogens (tertiary/aromatic N) is 3. The van der Waals surface area contributed by atoms with Crippen LogP contribution in [0.1, 0.15) is 0 Å². The van der Waals surface area contributed by atoms with E-state index in [0.29, 0.717) is 37.7 Å². The van der Waals surface area contributed by atoms with Crippen LogP contribution < -0.4 is 4.74 Å². The first kappa shape index (κ1) is 17.1. The Labute approximate surface area is 156 Å². The summed E-state index contributed by atoms with van der Waals surface area (Å²) >= 11 is 0. The van der Waals surface area contributed by atoms with E-state index in [0.717, 1.165) is 22.4 Å². The second-order valence-corrected chi connectivity index (χ2v) is 6.20. The Kier molecular flexibility index (Phi) is 4.73. The van der Waals surface area contributed by atoms with Gasteiger partial charge in [-0.05, 0) is 36.4 Å². The molecule has 1 saturated heterocycles. The minimum absolute atomic E-state index is 0.0172. The molecular formula is C20H18N4O3. The number of rotatable bonds is 4. The molecule has 0 saturated carbocycles. The second-order valence-electron chi connectivity index (χ2n) is 6.20. The van der Waals surface area contributed by atoms with Gasteiger partial charge < -0.3 is 19.4 Å². The maximum absolute atomic E-state index is 12.1. The lowest BCUT2D eigenvalue weighted by Crippen LogP contribution is -2.42. The zero-order valence-electron chi connectivity index (χ0n) is 14.6. The number of benzene rings is 2. The van der Waals surface area contributed by atoms with Gasteiger partial charge in [0.25, 0.3) is 5.91 Å². The number of fused-ring (bicyclic) bond motifs is 1. The van der Waals surface area contributed by atoms with Crippen LogP contribution in [0.25, 0.3) is 27.3 Å². The number of nitrogens with one attached hydrogen (secondary N) is 1. The van der Waals surface area contributed by atoms with Crippen molar-refractivity contribution >= 4 is 22.6 Å². The molecule has 0 radical (unpaired) electrons. The van der Waals surface area contributed by atoms with Crippen LogP contribution in [0.2, 0.25) is 0 Å². The van der Waals surface area contributed by atoms with E-state index in [4.69, 9.17) is 16.0 Å². The van der Waals surface area contributed by atoms with Crippen molar-refractivity contribution in [1.82, 2.24) is 14.9 Å². The van der Waals surface area contributed by atoms with E-state index in [-0.39, 0.29) is 12.5 Å². The van der Waals surface area contributed by atoms with Gasteiger partial charge in [-0.2, -0.15) is 0 Å². The number of imidazole rings is 1. The molecule has 2 aromatic carbocycles. The van der Waals surface area contributed by atoms with Crippen molar-refractivity contribution in [2.24, 2.45) is 0 Å².